The van der Waals surface area contributed by atoms with E-state index in [2.05, 4.69) is 5.32 Å². The summed E-state index contributed by atoms with van der Waals surface area (Å²) < 4.78 is 0. The number of anilines is 1. The van der Waals surface area contributed by atoms with E-state index in [-0.39, 0.29) is 11.2 Å². The average molecular weight is 238 g/mol. The molecule has 0 spiro atoms. The first-order valence-electron chi connectivity index (χ1n) is 5.35. The second-order valence-electron chi connectivity index (χ2n) is 3.64. The van der Waals surface area contributed by atoms with E-state index >= 15 is 0 Å². The Labute approximate surface area is 101 Å². The Morgan fingerprint density at radius 2 is 2.25 bits per heavy atom. The van der Waals surface area contributed by atoms with Gasteiger partial charge >= 0.3 is 0 Å². The third kappa shape index (κ3) is 3.17. The molecule has 0 bridgehead atoms. The van der Waals surface area contributed by atoms with Gasteiger partial charge in [-0.25, -0.2) is 0 Å². The van der Waals surface area contributed by atoms with Crippen LogP contribution in [0.25, 0.3) is 0 Å². The molecule has 1 atom stereocenters. The summed E-state index contributed by atoms with van der Waals surface area (Å²) >= 11 is 1.50. The first kappa shape index (κ1) is 12.9. The van der Waals surface area contributed by atoms with Crippen LogP contribution >= 0.6 is 11.8 Å². The maximum atomic E-state index is 11.6. The van der Waals surface area contributed by atoms with Gasteiger partial charge in [-0.2, -0.15) is 0 Å². The molecule has 0 aliphatic heterocycles. The number of thioether (sulfide) groups is 1. The normalized spacial score (nSPS) is 12.2. The second-order valence-corrected chi connectivity index (χ2v) is 5.02. The van der Waals surface area contributed by atoms with E-state index in [0.29, 0.717) is 6.54 Å². The highest BCUT2D eigenvalue weighted by Gasteiger charge is 2.14. The van der Waals surface area contributed by atoms with Crippen molar-refractivity contribution in [2.24, 2.45) is 0 Å². The minimum absolute atomic E-state index is 0.0495. The number of hydrogen-bond acceptors (Lipinski definition) is 3. The molecule has 0 saturated carbocycles. The molecule has 1 unspecified atom stereocenters. The molecule has 0 radical (unpaired) electrons. The summed E-state index contributed by atoms with van der Waals surface area (Å²) in [6.45, 7) is 6.43. The molecule has 4 heteroatoms. The van der Waals surface area contributed by atoms with Gasteiger partial charge in [0.1, 0.15) is 0 Å². The van der Waals surface area contributed by atoms with Gasteiger partial charge in [-0.05, 0) is 32.4 Å². The predicted octanol–water partition coefficient (Wildman–Crippen LogP) is 2.19. The van der Waals surface area contributed by atoms with Crippen LogP contribution in [0.1, 0.15) is 19.4 Å². The summed E-state index contributed by atoms with van der Waals surface area (Å²) in [6.07, 6.45) is 0. The molecule has 0 saturated heterocycles. The van der Waals surface area contributed by atoms with Crippen molar-refractivity contribution >= 4 is 23.4 Å². The lowest BCUT2D eigenvalue weighted by atomic mass is 10.2. The lowest BCUT2D eigenvalue weighted by Gasteiger charge is -2.13. The molecule has 0 aliphatic carbocycles. The summed E-state index contributed by atoms with van der Waals surface area (Å²) in [5.41, 5.74) is 7.77. The molecular formula is C12H18N2OS. The van der Waals surface area contributed by atoms with Crippen LogP contribution in [-0.2, 0) is 4.79 Å². The SMILES string of the molecule is CCNC(=O)C(C)Sc1cccc(C)c1N. The molecule has 16 heavy (non-hydrogen) atoms. The van der Waals surface area contributed by atoms with E-state index in [0.717, 1.165) is 16.1 Å². The summed E-state index contributed by atoms with van der Waals surface area (Å²) in [7, 11) is 0. The maximum absolute atomic E-state index is 11.6. The number of benzene rings is 1. The second kappa shape index (κ2) is 5.80. The number of rotatable bonds is 4. The van der Waals surface area contributed by atoms with Gasteiger partial charge in [-0.1, -0.05) is 12.1 Å². The highest BCUT2D eigenvalue weighted by Crippen LogP contribution is 2.30. The Bertz CT molecular complexity index is 379. The molecule has 3 nitrogen and oxygen atoms in total. The van der Waals surface area contributed by atoms with Crippen molar-refractivity contribution in [2.75, 3.05) is 12.3 Å². The van der Waals surface area contributed by atoms with E-state index in [4.69, 9.17) is 5.73 Å². The number of hydrogen-bond donors (Lipinski definition) is 2. The van der Waals surface area contributed by atoms with Crippen molar-refractivity contribution in [1.29, 1.82) is 0 Å². The van der Waals surface area contributed by atoms with Crippen molar-refractivity contribution < 1.29 is 4.79 Å². The molecule has 0 fully saturated rings. The standard InChI is InChI=1S/C12H18N2OS/c1-4-14-12(15)9(3)16-10-7-5-6-8(2)11(10)13/h5-7,9H,4,13H2,1-3H3,(H,14,15). The van der Waals surface area contributed by atoms with Crippen LogP contribution in [-0.4, -0.2) is 17.7 Å². The number of nitrogen functional groups attached to an aromatic ring is 1. The van der Waals surface area contributed by atoms with E-state index in [1.54, 1.807) is 0 Å². The van der Waals surface area contributed by atoms with Gasteiger partial charge in [0.15, 0.2) is 0 Å². The largest absolute Gasteiger partial charge is 0.398 e. The van der Waals surface area contributed by atoms with Crippen LogP contribution in [0.5, 0.6) is 0 Å². The summed E-state index contributed by atoms with van der Waals surface area (Å²) in [5.74, 6) is 0.0495. The monoisotopic (exact) mass is 238 g/mol. The number of para-hydroxylation sites is 1. The van der Waals surface area contributed by atoms with E-state index < -0.39 is 0 Å². The number of amides is 1. The quantitative estimate of drug-likeness (QED) is 0.624. The number of aryl methyl sites for hydroxylation is 1. The molecule has 0 aliphatic rings. The minimum atomic E-state index is -0.121. The lowest BCUT2D eigenvalue weighted by molar-refractivity contribution is -0.120. The van der Waals surface area contributed by atoms with Gasteiger partial charge in [-0.3, -0.25) is 4.79 Å². The van der Waals surface area contributed by atoms with Crippen LogP contribution in [0.15, 0.2) is 23.1 Å². The van der Waals surface area contributed by atoms with E-state index in [1.807, 2.05) is 39.0 Å². The first-order valence-corrected chi connectivity index (χ1v) is 6.23. The molecular weight excluding hydrogens is 220 g/mol. The molecule has 1 amide bonds. The van der Waals surface area contributed by atoms with Crippen molar-refractivity contribution in [2.45, 2.75) is 30.9 Å². The van der Waals surface area contributed by atoms with Crippen molar-refractivity contribution in [1.82, 2.24) is 5.32 Å². The predicted molar refractivity (Wildman–Crippen MR) is 69.6 cm³/mol. The molecule has 88 valence electrons. The Morgan fingerprint density at radius 1 is 1.56 bits per heavy atom. The Balaban J connectivity index is 2.73. The summed E-state index contributed by atoms with van der Waals surface area (Å²) in [5, 5.41) is 2.68. The van der Waals surface area contributed by atoms with Gasteiger partial charge in [-0.15, -0.1) is 11.8 Å². The van der Waals surface area contributed by atoms with Gasteiger partial charge in [0.25, 0.3) is 0 Å². The fourth-order valence-electron chi connectivity index (χ4n) is 1.32. The molecule has 1 aromatic rings. The smallest absolute Gasteiger partial charge is 0.233 e. The minimum Gasteiger partial charge on any atom is -0.398 e. The average Bonchev–Trinajstić information content (AvgIpc) is 2.25. The van der Waals surface area contributed by atoms with Crippen LogP contribution in [0.3, 0.4) is 0 Å². The van der Waals surface area contributed by atoms with E-state index in [9.17, 15) is 4.79 Å². The summed E-state index contributed by atoms with van der Waals surface area (Å²) in [4.78, 5) is 12.5. The zero-order valence-electron chi connectivity index (χ0n) is 9.91. The maximum Gasteiger partial charge on any atom is 0.233 e. The third-order valence-electron chi connectivity index (χ3n) is 2.31. The molecule has 3 N–H and O–H groups in total. The topological polar surface area (TPSA) is 55.1 Å². The number of nitrogens with two attached hydrogens (primary N) is 1. The highest BCUT2D eigenvalue weighted by atomic mass is 32.2. The zero-order valence-corrected chi connectivity index (χ0v) is 10.7. The molecule has 0 aromatic heterocycles. The van der Waals surface area contributed by atoms with Gasteiger partial charge in [0.05, 0.1) is 5.25 Å². The number of nitrogens with one attached hydrogen (secondary N) is 1. The van der Waals surface area contributed by atoms with E-state index in [1.165, 1.54) is 11.8 Å². The van der Waals surface area contributed by atoms with Crippen molar-refractivity contribution in [3.8, 4) is 0 Å². The van der Waals surface area contributed by atoms with Crippen LogP contribution in [0.2, 0.25) is 0 Å². The Hall–Kier alpha value is -1.16. The molecule has 1 aromatic carbocycles. The van der Waals surface area contributed by atoms with Gasteiger partial charge in [0.2, 0.25) is 5.91 Å². The number of carbonyl (C=O) groups excluding carboxylic acids is 1. The van der Waals surface area contributed by atoms with Crippen molar-refractivity contribution in [3.05, 3.63) is 23.8 Å². The number of carbonyl (C=O) groups is 1. The lowest BCUT2D eigenvalue weighted by Crippen LogP contribution is -2.30. The van der Waals surface area contributed by atoms with Crippen LogP contribution in [0.4, 0.5) is 5.69 Å². The zero-order chi connectivity index (χ0) is 12.1. The third-order valence-corrected chi connectivity index (χ3v) is 3.49. The van der Waals surface area contributed by atoms with Crippen LogP contribution in [0, 0.1) is 6.92 Å². The summed E-state index contributed by atoms with van der Waals surface area (Å²) in [6, 6.07) is 5.87. The van der Waals surface area contributed by atoms with Gasteiger partial charge < -0.3 is 11.1 Å². The van der Waals surface area contributed by atoms with Crippen molar-refractivity contribution in [3.63, 3.8) is 0 Å². The fourth-order valence-corrected chi connectivity index (χ4v) is 2.33. The Kier molecular flexibility index (Phi) is 4.68. The molecule has 0 heterocycles. The molecule has 1 rings (SSSR count). The van der Waals surface area contributed by atoms with Gasteiger partial charge in [0, 0.05) is 17.1 Å². The first-order chi connectivity index (χ1) is 7.56. The fraction of sp³-hybridized carbons (Fsp3) is 0.417. The Morgan fingerprint density at radius 3 is 2.88 bits per heavy atom. The highest BCUT2D eigenvalue weighted by molar-refractivity contribution is 8.00. The van der Waals surface area contributed by atoms with Crippen LogP contribution < -0.4 is 11.1 Å².